The molecule has 1 aromatic carbocycles. The van der Waals surface area contributed by atoms with Gasteiger partial charge in [0.05, 0.1) is 24.7 Å². The van der Waals surface area contributed by atoms with Crippen LogP contribution in [0.2, 0.25) is 0 Å². The second-order valence-electron chi connectivity index (χ2n) is 5.61. The SMILES string of the molecule is Cc1cccc(F)c1Oc1cnc(CN2CCO[C@H](C=O)C2)cn1. The first-order valence-electron chi connectivity index (χ1n) is 7.69. The minimum absolute atomic E-state index is 0.154. The molecule has 1 atom stereocenters. The van der Waals surface area contributed by atoms with E-state index in [1.807, 2.05) is 0 Å². The maximum Gasteiger partial charge on any atom is 0.238 e. The molecule has 1 fully saturated rings. The number of aryl methyl sites for hydroxylation is 1. The maximum absolute atomic E-state index is 13.8. The molecule has 0 aliphatic carbocycles. The summed E-state index contributed by atoms with van der Waals surface area (Å²) in [6.45, 7) is 4.13. The van der Waals surface area contributed by atoms with Gasteiger partial charge in [0.2, 0.25) is 5.88 Å². The topological polar surface area (TPSA) is 64.6 Å². The first-order chi connectivity index (χ1) is 11.7. The quantitative estimate of drug-likeness (QED) is 0.782. The van der Waals surface area contributed by atoms with Crippen molar-refractivity contribution in [2.24, 2.45) is 0 Å². The molecular formula is C17H18FN3O3. The Morgan fingerprint density at radius 3 is 3.00 bits per heavy atom. The van der Waals surface area contributed by atoms with Gasteiger partial charge in [0, 0.05) is 19.6 Å². The average Bonchev–Trinajstić information content (AvgIpc) is 2.60. The molecule has 1 aromatic heterocycles. The lowest BCUT2D eigenvalue weighted by Gasteiger charge is -2.29. The third-order valence-electron chi connectivity index (χ3n) is 3.77. The minimum Gasteiger partial charge on any atom is -0.434 e. The van der Waals surface area contributed by atoms with E-state index in [-0.39, 0.29) is 11.6 Å². The first kappa shape index (κ1) is 16.5. The third kappa shape index (κ3) is 3.93. The Hall–Kier alpha value is -2.38. The minimum atomic E-state index is -0.436. The zero-order valence-electron chi connectivity index (χ0n) is 13.3. The molecule has 7 heteroatoms. The number of ether oxygens (including phenoxy) is 2. The van der Waals surface area contributed by atoms with Gasteiger partial charge in [-0.1, -0.05) is 12.1 Å². The number of rotatable bonds is 5. The van der Waals surface area contributed by atoms with E-state index in [9.17, 15) is 9.18 Å². The van der Waals surface area contributed by atoms with Crippen molar-refractivity contribution in [3.8, 4) is 11.6 Å². The Balaban J connectivity index is 1.64. The van der Waals surface area contributed by atoms with Crippen molar-refractivity contribution in [2.45, 2.75) is 19.6 Å². The molecule has 2 heterocycles. The number of nitrogens with zero attached hydrogens (tertiary/aromatic N) is 3. The molecule has 0 N–H and O–H groups in total. The molecule has 0 amide bonds. The van der Waals surface area contributed by atoms with Crippen molar-refractivity contribution in [1.82, 2.24) is 14.9 Å². The van der Waals surface area contributed by atoms with Gasteiger partial charge in [-0.15, -0.1) is 0 Å². The monoisotopic (exact) mass is 331 g/mol. The second-order valence-corrected chi connectivity index (χ2v) is 5.61. The smallest absolute Gasteiger partial charge is 0.238 e. The molecule has 3 rings (SSSR count). The molecule has 0 saturated carbocycles. The summed E-state index contributed by atoms with van der Waals surface area (Å²) >= 11 is 0. The summed E-state index contributed by atoms with van der Waals surface area (Å²) in [5.41, 5.74) is 1.44. The zero-order valence-corrected chi connectivity index (χ0v) is 13.3. The number of benzene rings is 1. The van der Waals surface area contributed by atoms with Crippen LogP contribution >= 0.6 is 0 Å². The molecule has 6 nitrogen and oxygen atoms in total. The largest absolute Gasteiger partial charge is 0.434 e. The van der Waals surface area contributed by atoms with Crippen LogP contribution in [0.5, 0.6) is 11.6 Å². The van der Waals surface area contributed by atoms with Crippen molar-refractivity contribution in [2.75, 3.05) is 19.7 Å². The van der Waals surface area contributed by atoms with Crippen molar-refractivity contribution in [1.29, 1.82) is 0 Å². The van der Waals surface area contributed by atoms with Crippen LogP contribution in [0.25, 0.3) is 0 Å². The third-order valence-corrected chi connectivity index (χ3v) is 3.77. The van der Waals surface area contributed by atoms with Gasteiger partial charge in [-0.2, -0.15) is 0 Å². The highest BCUT2D eigenvalue weighted by atomic mass is 19.1. The van der Waals surface area contributed by atoms with Crippen LogP contribution in [0.1, 0.15) is 11.3 Å². The lowest BCUT2D eigenvalue weighted by molar-refractivity contribution is -0.123. The zero-order chi connectivity index (χ0) is 16.9. The van der Waals surface area contributed by atoms with Crippen molar-refractivity contribution in [3.05, 3.63) is 47.7 Å². The predicted octanol–water partition coefficient (Wildman–Crippen LogP) is 2.12. The van der Waals surface area contributed by atoms with E-state index in [0.29, 0.717) is 25.3 Å². The fraction of sp³-hybridized carbons (Fsp3) is 0.353. The van der Waals surface area contributed by atoms with E-state index >= 15 is 0 Å². The normalized spacial score (nSPS) is 18.3. The van der Waals surface area contributed by atoms with E-state index < -0.39 is 11.9 Å². The molecule has 126 valence electrons. The second kappa shape index (κ2) is 7.46. The Bertz CT molecular complexity index is 688. The van der Waals surface area contributed by atoms with Crippen LogP contribution in [0.4, 0.5) is 4.39 Å². The van der Waals surface area contributed by atoms with Crippen LogP contribution in [0.15, 0.2) is 30.6 Å². The number of aldehydes is 1. The highest BCUT2D eigenvalue weighted by Crippen LogP contribution is 2.26. The van der Waals surface area contributed by atoms with Crippen LogP contribution < -0.4 is 4.74 Å². The maximum atomic E-state index is 13.8. The number of halogens is 1. The lowest BCUT2D eigenvalue weighted by atomic mass is 10.2. The van der Waals surface area contributed by atoms with Gasteiger partial charge >= 0.3 is 0 Å². The molecule has 24 heavy (non-hydrogen) atoms. The van der Waals surface area contributed by atoms with E-state index in [0.717, 1.165) is 18.5 Å². The van der Waals surface area contributed by atoms with E-state index in [2.05, 4.69) is 14.9 Å². The van der Waals surface area contributed by atoms with Gasteiger partial charge in [0.15, 0.2) is 11.6 Å². The molecular weight excluding hydrogens is 313 g/mol. The first-order valence-corrected chi connectivity index (χ1v) is 7.69. The molecule has 1 aliphatic rings. The Morgan fingerprint density at radius 2 is 2.29 bits per heavy atom. The molecule has 1 saturated heterocycles. The van der Waals surface area contributed by atoms with E-state index in [1.54, 1.807) is 25.3 Å². The number of carbonyl (C=O) groups excluding carboxylic acids is 1. The summed E-state index contributed by atoms with van der Waals surface area (Å²) in [5.74, 6) is -0.0460. The van der Waals surface area contributed by atoms with Crippen LogP contribution in [0, 0.1) is 12.7 Å². The number of hydrogen-bond donors (Lipinski definition) is 0. The Labute approximate surface area is 139 Å². The molecule has 0 bridgehead atoms. The van der Waals surface area contributed by atoms with Crippen LogP contribution in [-0.4, -0.2) is 47.0 Å². The molecule has 2 aromatic rings. The van der Waals surface area contributed by atoms with Crippen molar-refractivity contribution >= 4 is 6.29 Å². The Kier molecular flexibility index (Phi) is 5.12. The molecule has 0 radical (unpaired) electrons. The van der Waals surface area contributed by atoms with Gasteiger partial charge in [-0.25, -0.2) is 9.37 Å². The van der Waals surface area contributed by atoms with Crippen LogP contribution in [-0.2, 0) is 16.1 Å². The summed E-state index contributed by atoms with van der Waals surface area (Å²) in [7, 11) is 0. The molecule has 1 aliphatic heterocycles. The lowest BCUT2D eigenvalue weighted by Crippen LogP contribution is -2.42. The highest BCUT2D eigenvalue weighted by molar-refractivity contribution is 5.56. The summed E-state index contributed by atoms with van der Waals surface area (Å²) in [5, 5.41) is 0. The Morgan fingerprint density at radius 1 is 1.42 bits per heavy atom. The molecule has 0 unspecified atom stereocenters. The number of hydrogen-bond acceptors (Lipinski definition) is 6. The van der Waals surface area contributed by atoms with Crippen molar-refractivity contribution < 1.29 is 18.7 Å². The summed E-state index contributed by atoms with van der Waals surface area (Å²) in [6.07, 6.45) is 3.49. The molecule has 0 spiro atoms. The van der Waals surface area contributed by atoms with Gasteiger partial charge in [0.25, 0.3) is 0 Å². The predicted molar refractivity (Wildman–Crippen MR) is 84.3 cm³/mol. The van der Waals surface area contributed by atoms with Gasteiger partial charge < -0.3 is 14.3 Å². The fourth-order valence-corrected chi connectivity index (χ4v) is 2.51. The van der Waals surface area contributed by atoms with Gasteiger partial charge in [-0.3, -0.25) is 9.88 Å². The summed E-state index contributed by atoms with van der Waals surface area (Å²) in [4.78, 5) is 21.4. The fourth-order valence-electron chi connectivity index (χ4n) is 2.51. The summed E-state index contributed by atoms with van der Waals surface area (Å²) < 4.78 is 24.6. The number of carbonyl (C=O) groups is 1. The number of aromatic nitrogens is 2. The average molecular weight is 331 g/mol. The van der Waals surface area contributed by atoms with Crippen molar-refractivity contribution in [3.63, 3.8) is 0 Å². The van der Waals surface area contributed by atoms with E-state index in [4.69, 9.17) is 9.47 Å². The van der Waals surface area contributed by atoms with Gasteiger partial charge in [0.1, 0.15) is 12.4 Å². The summed E-state index contributed by atoms with van der Waals surface area (Å²) in [6, 6.07) is 4.73. The van der Waals surface area contributed by atoms with Crippen LogP contribution in [0.3, 0.4) is 0 Å². The number of para-hydroxylation sites is 1. The highest BCUT2D eigenvalue weighted by Gasteiger charge is 2.20. The standard InChI is InChI=1S/C17H18FN3O3/c1-12-3-2-4-15(18)17(12)24-16-8-19-13(7-20-16)9-21-5-6-23-14(10-21)11-22/h2-4,7-8,11,14H,5-6,9-10H2,1H3/t14-/m0/s1. The van der Waals surface area contributed by atoms with Gasteiger partial charge in [-0.05, 0) is 18.6 Å². The number of morpholine rings is 1. The van der Waals surface area contributed by atoms with E-state index in [1.165, 1.54) is 12.3 Å².